The molecule has 0 aromatic heterocycles. The number of benzene rings is 2. The lowest BCUT2D eigenvalue weighted by atomic mass is 9.91. The van der Waals surface area contributed by atoms with E-state index in [0.717, 1.165) is 13.1 Å². The Balaban J connectivity index is 2.17. The second-order valence-corrected chi connectivity index (χ2v) is 4.96. The van der Waals surface area contributed by atoms with Crippen molar-refractivity contribution in [1.29, 1.82) is 0 Å². The SMILES string of the molecule is C=C(C)CNCC(c1ccccc1)c1ccccc1. The van der Waals surface area contributed by atoms with Gasteiger partial charge in [0.2, 0.25) is 0 Å². The molecule has 0 atom stereocenters. The van der Waals surface area contributed by atoms with Crippen LogP contribution < -0.4 is 5.32 Å². The van der Waals surface area contributed by atoms with Gasteiger partial charge in [-0.05, 0) is 18.1 Å². The Bertz CT molecular complexity index is 462. The van der Waals surface area contributed by atoms with E-state index >= 15 is 0 Å². The Morgan fingerprint density at radius 3 is 1.84 bits per heavy atom. The maximum atomic E-state index is 3.93. The van der Waals surface area contributed by atoms with Gasteiger partial charge in [0.25, 0.3) is 0 Å². The van der Waals surface area contributed by atoms with E-state index in [9.17, 15) is 0 Å². The first kappa shape index (κ1) is 13.6. The van der Waals surface area contributed by atoms with Gasteiger partial charge < -0.3 is 5.32 Å². The van der Waals surface area contributed by atoms with Crippen LogP contribution in [0.2, 0.25) is 0 Å². The summed E-state index contributed by atoms with van der Waals surface area (Å²) < 4.78 is 0. The van der Waals surface area contributed by atoms with Gasteiger partial charge in [-0.1, -0.05) is 72.8 Å². The standard InChI is InChI=1S/C18H21N/c1-15(2)13-19-14-18(16-9-5-3-6-10-16)17-11-7-4-8-12-17/h3-12,18-19H,1,13-14H2,2H3. The largest absolute Gasteiger partial charge is 0.312 e. The summed E-state index contributed by atoms with van der Waals surface area (Å²) in [6, 6.07) is 21.3. The van der Waals surface area contributed by atoms with Gasteiger partial charge in [-0.25, -0.2) is 0 Å². The molecule has 1 nitrogen and oxygen atoms in total. The molecule has 0 bridgehead atoms. The molecule has 0 heterocycles. The fourth-order valence-electron chi connectivity index (χ4n) is 2.23. The maximum Gasteiger partial charge on any atom is 0.0214 e. The van der Waals surface area contributed by atoms with Gasteiger partial charge in [0, 0.05) is 19.0 Å². The van der Waals surface area contributed by atoms with Crippen molar-refractivity contribution in [2.75, 3.05) is 13.1 Å². The van der Waals surface area contributed by atoms with Crippen molar-refractivity contribution in [2.45, 2.75) is 12.8 Å². The normalized spacial score (nSPS) is 10.6. The Morgan fingerprint density at radius 1 is 0.947 bits per heavy atom. The first-order valence-electron chi connectivity index (χ1n) is 6.72. The molecular formula is C18H21N. The summed E-state index contributed by atoms with van der Waals surface area (Å²) in [7, 11) is 0. The zero-order valence-electron chi connectivity index (χ0n) is 11.5. The summed E-state index contributed by atoms with van der Waals surface area (Å²) in [5.41, 5.74) is 3.87. The van der Waals surface area contributed by atoms with E-state index in [1.54, 1.807) is 0 Å². The molecule has 0 saturated heterocycles. The molecular weight excluding hydrogens is 230 g/mol. The first-order chi connectivity index (χ1) is 9.27. The van der Waals surface area contributed by atoms with Crippen LogP contribution in [0.4, 0.5) is 0 Å². The van der Waals surface area contributed by atoms with Crippen molar-refractivity contribution >= 4 is 0 Å². The molecule has 1 N–H and O–H groups in total. The molecule has 1 heteroatoms. The minimum atomic E-state index is 0.391. The lowest BCUT2D eigenvalue weighted by Crippen LogP contribution is -2.23. The zero-order chi connectivity index (χ0) is 13.5. The molecule has 0 aliphatic carbocycles. The van der Waals surface area contributed by atoms with Crippen molar-refractivity contribution in [1.82, 2.24) is 5.32 Å². The van der Waals surface area contributed by atoms with Crippen LogP contribution in [0.5, 0.6) is 0 Å². The summed E-state index contributed by atoms with van der Waals surface area (Å²) in [6.07, 6.45) is 0. The Kier molecular flexibility index (Phi) is 4.93. The van der Waals surface area contributed by atoms with Crippen LogP contribution in [-0.2, 0) is 0 Å². The molecule has 0 aliphatic rings. The molecule has 0 spiro atoms. The van der Waals surface area contributed by atoms with E-state index in [4.69, 9.17) is 0 Å². The summed E-state index contributed by atoms with van der Waals surface area (Å²) in [5, 5.41) is 3.48. The third kappa shape index (κ3) is 4.08. The molecule has 2 rings (SSSR count). The van der Waals surface area contributed by atoms with Crippen LogP contribution in [0.15, 0.2) is 72.8 Å². The zero-order valence-corrected chi connectivity index (χ0v) is 11.5. The van der Waals surface area contributed by atoms with Crippen molar-refractivity contribution in [3.63, 3.8) is 0 Å². The fraction of sp³-hybridized carbons (Fsp3) is 0.222. The monoisotopic (exact) mass is 251 g/mol. The van der Waals surface area contributed by atoms with Crippen molar-refractivity contribution in [3.05, 3.63) is 83.9 Å². The lowest BCUT2D eigenvalue weighted by Gasteiger charge is -2.19. The van der Waals surface area contributed by atoms with E-state index in [0.29, 0.717) is 5.92 Å². The number of rotatable bonds is 6. The molecule has 0 unspecified atom stereocenters. The van der Waals surface area contributed by atoms with Gasteiger partial charge in [-0.3, -0.25) is 0 Å². The highest BCUT2D eigenvalue weighted by Gasteiger charge is 2.12. The Hall–Kier alpha value is -1.86. The number of hydrogen-bond donors (Lipinski definition) is 1. The molecule has 2 aromatic carbocycles. The summed E-state index contributed by atoms with van der Waals surface area (Å²) >= 11 is 0. The Morgan fingerprint density at radius 2 is 1.42 bits per heavy atom. The van der Waals surface area contributed by atoms with Crippen LogP contribution in [0.3, 0.4) is 0 Å². The van der Waals surface area contributed by atoms with Crippen LogP contribution in [-0.4, -0.2) is 13.1 Å². The van der Waals surface area contributed by atoms with E-state index in [1.165, 1.54) is 16.7 Å². The van der Waals surface area contributed by atoms with Crippen LogP contribution in [0, 0.1) is 0 Å². The van der Waals surface area contributed by atoms with Crippen molar-refractivity contribution in [2.24, 2.45) is 0 Å². The highest BCUT2D eigenvalue weighted by atomic mass is 14.9. The molecule has 0 saturated carbocycles. The molecule has 19 heavy (non-hydrogen) atoms. The molecule has 0 aliphatic heterocycles. The number of nitrogens with one attached hydrogen (secondary N) is 1. The third-order valence-electron chi connectivity index (χ3n) is 3.18. The lowest BCUT2D eigenvalue weighted by molar-refractivity contribution is 0.667. The Labute approximate surface area is 116 Å². The van der Waals surface area contributed by atoms with Gasteiger partial charge in [-0.15, -0.1) is 0 Å². The highest BCUT2D eigenvalue weighted by Crippen LogP contribution is 2.23. The predicted molar refractivity (Wildman–Crippen MR) is 82.4 cm³/mol. The minimum Gasteiger partial charge on any atom is -0.312 e. The third-order valence-corrected chi connectivity index (χ3v) is 3.18. The molecule has 0 radical (unpaired) electrons. The molecule has 98 valence electrons. The van der Waals surface area contributed by atoms with Gasteiger partial charge >= 0.3 is 0 Å². The van der Waals surface area contributed by atoms with Crippen molar-refractivity contribution in [3.8, 4) is 0 Å². The van der Waals surface area contributed by atoms with E-state index in [1.807, 2.05) is 6.92 Å². The summed E-state index contributed by atoms with van der Waals surface area (Å²) in [5.74, 6) is 0.391. The van der Waals surface area contributed by atoms with Gasteiger partial charge in [0.15, 0.2) is 0 Å². The topological polar surface area (TPSA) is 12.0 Å². The highest BCUT2D eigenvalue weighted by molar-refractivity contribution is 5.32. The molecule has 0 amide bonds. The molecule has 0 fully saturated rings. The van der Waals surface area contributed by atoms with Crippen LogP contribution in [0.1, 0.15) is 24.0 Å². The minimum absolute atomic E-state index is 0.391. The summed E-state index contributed by atoms with van der Waals surface area (Å²) in [4.78, 5) is 0. The average molecular weight is 251 g/mol. The van der Waals surface area contributed by atoms with Gasteiger partial charge in [0.05, 0.1) is 0 Å². The fourth-order valence-corrected chi connectivity index (χ4v) is 2.23. The first-order valence-corrected chi connectivity index (χ1v) is 6.72. The quantitative estimate of drug-likeness (QED) is 0.766. The average Bonchev–Trinajstić information content (AvgIpc) is 2.45. The van der Waals surface area contributed by atoms with Crippen LogP contribution >= 0.6 is 0 Å². The smallest absolute Gasteiger partial charge is 0.0214 e. The van der Waals surface area contributed by atoms with E-state index < -0.39 is 0 Å². The van der Waals surface area contributed by atoms with E-state index in [-0.39, 0.29) is 0 Å². The predicted octanol–water partition coefficient (Wildman–Crippen LogP) is 3.98. The van der Waals surface area contributed by atoms with Gasteiger partial charge in [-0.2, -0.15) is 0 Å². The second-order valence-electron chi connectivity index (χ2n) is 4.96. The second kappa shape index (κ2) is 6.91. The van der Waals surface area contributed by atoms with Crippen LogP contribution in [0.25, 0.3) is 0 Å². The van der Waals surface area contributed by atoms with Crippen molar-refractivity contribution < 1.29 is 0 Å². The van der Waals surface area contributed by atoms with Gasteiger partial charge in [0.1, 0.15) is 0 Å². The number of hydrogen-bond acceptors (Lipinski definition) is 1. The maximum absolute atomic E-state index is 3.93. The summed E-state index contributed by atoms with van der Waals surface area (Å²) in [6.45, 7) is 7.79. The molecule has 2 aromatic rings. The van der Waals surface area contributed by atoms with E-state index in [2.05, 4.69) is 72.6 Å².